The number of aliphatic hydroxyl groups is 1. The molecule has 2 aromatic heterocycles. The number of benzene rings is 1. The molecule has 1 aromatic carbocycles. The molecule has 0 saturated carbocycles. The van der Waals surface area contributed by atoms with Gasteiger partial charge in [0.25, 0.3) is 0 Å². The molecule has 1 amide bonds. The normalized spacial score (nSPS) is 17.4. The highest BCUT2D eigenvalue weighted by Gasteiger charge is 2.37. The van der Waals surface area contributed by atoms with Gasteiger partial charge in [-0.1, -0.05) is 0 Å². The number of halogens is 3. The van der Waals surface area contributed by atoms with Crippen molar-refractivity contribution in [1.29, 1.82) is 0 Å². The number of rotatable bonds is 4. The first-order valence-corrected chi connectivity index (χ1v) is 9.84. The van der Waals surface area contributed by atoms with Crippen LogP contribution in [0.1, 0.15) is 11.6 Å². The second-order valence-electron chi connectivity index (χ2n) is 7.81. The number of amides is 1. The Morgan fingerprint density at radius 2 is 1.78 bits per heavy atom. The summed E-state index contributed by atoms with van der Waals surface area (Å²) in [4.78, 5) is 18.9. The number of hydrogen-bond acceptors (Lipinski definition) is 6. The predicted octanol–water partition coefficient (Wildman–Crippen LogP) is 2.58. The van der Waals surface area contributed by atoms with E-state index in [4.69, 9.17) is 5.10 Å². The number of β-amino-alcohol motifs (C(OH)–C–C–N with tert-alkyl or cyclic N) is 1. The molecule has 5 rings (SSSR count). The highest BCUT2D eigenvalue weighted by atomic mass is 19.4. The molecule has 0 aliphatic carbocycles. The van der Waals surface area contributed by atoms with Crippen LogP contribution in [0.15, 0.2) is 36.5 Å². The molecular formula is C20H18F3N5O4. The Labute approximate surface area is 179 Å². The van der Waals surface area contributed by atoms with Crippen LogP contribution in [0.5, 0.6) is 5.75 Å². The van der Waals surface area contributed by atoms with Crippen LogP contribution in [0, 0.1) is 0 Å². The molecule has 12 heteroatoms. The van der Waals surface area contributed by atoms with E-state index in [1.54, 1.807) is 16.9 Å². The number of alkyl halides is 3. The third-order valence-corrected chi connectivity index (χ3v) is 5.62. The van der Waals surface area contributed by atoms with Crippen molar-refractivity contribution in [3.63, 3.8) is 0 Å². The summed E-state index contributed by atoms with van der Waals surface area (Å²) < 4.78 is 43.0. The van der Waals surface area contributed by atoms with E-state index in [1.807, 2.05) is 4.90 Å². The van der Waals surface area contributed by atoms with Gasteiger partial charge in [-0.15, -0.1) is 13.2 Å². The first-order chi connectivity index (χ1) is 15.2. The number of fused-ring (bicyclic) bond motifs is 1. The highest BCUT2D eigenvalue weighted by molar-refractivity contribution is 5.94. The summed E-state index contributed by atoms with van der Waals surface area (Å²) in [6.07, 6.45) is -4.63. The van der Waals surface area contributed by atoms with E-state index in [-0.39, 0.29) is 24.8 Å². The standard InChI is InChI=1S/C20H18F3N5O4/c21-20(22,23)32-14-3-1-12(2-4-14)28-15-5-6-24-18(26-9-13(29)10-26)16(15)17(25-28)11-7-27(8-11)19(30)31/h1-6,11,13,29H,7-10H2,(H,30,31). The molecule has 2 N–H and O–H groups in total. The van der Waals surface area contributed by atoms with Crippen LogP contribution in [0.4, 0.5) is 23.8 Å². The van der Waals surface area contributed by atoms with Gasteiger partial charge in [0, 0.05) is 38.3 Å². The van der Waals surface area contributed by atoms with E-state index < -0.39 is 18.6 Å². The lowest BCUT2D eigenvalue weighted by molar-refractivity contribution is -0.274. The number of aromatic nitrogens is 3. The average Bonchev–Trinajstić information content (AvgIpc) is 3.03. The van der Waals surface area contributed by atoms with Crippen LogP contribution in [0.3, 0.4) is 0 Å². The molecule has 2 aliphatic heterocycles. The third kappa shape index (κ3) is 3.55. The van der Waals surface area contributed by atoms with Gasteiger partial charge in [-0.05, 0) is 30.3 Å². The largest absolute Gasteiger partial charge is 0.573 e. The van der Waals surface area contributed by atoms with Crippen LogP contribution in [-0.4, -0.2) is 74.6 Å². The number of hydrogen-bond donors (Lipinski definition) is 2. The Kier molecular flexibility index (Phi) is 4.62. The number of aliphatic hydroxyl groups excluding tert-OH is 1. The number of anilines is 1. The molecule has 9 nitrogen and oxygen atoms in total. The molecule has 32 heavy (non-hydrogen) atoms. The lowest BCUT2D eigenvalue weighted by Crippen LogP contribution is -2.51. The fraction of sp³-hybridized carbons (Fsp3) is 0.350. The first-order valence-electron chi connectivity index (χ1n) is 9.84. The van der Waals surface area contributed by atoms with Crippen LogP contribution < -0.4 is 9.64 Å². The van der Waals surface area contributed by atoms with Crippen molar-refractivity contribution in [3.8, 4) is 11.4 Å². The average molecular weight is 449 g/mol. The van der Waals surface area contributed by atoms with Gasteiger partial charge in [-0.25, -0.2) is 14.5 Å². The Morgan fingerprint density at radius 1 is 1.09 bits per heavy atom. The summed E-state index contributed by atoms with van der Waals surface area (Å²) in [6.45, 7) is 1.42. The molecule has 4 heterocycles. The molecule has 3 aromatic rings. The maximum atomic E-state index is 12.5. The minimum atomic E-state index is -4.78. The van der Waals surface area contributed by atoms with E-state index in [9.17, 15) is 28.2 Å². The van der Waals surface area contributed by atoms with Crippen LogP contribution in [0.2, 0.25) is 0 Å². The van der Waals surface area contributed by atoms with Gasteiger partial charge < -0.3 is 24.7 Å². The summed E-state index contributed by atoms with van der Waals surface area (Å²) in [6, 6.07) is 7.10. The van der Waals surface area contributed by atoms with Crippen molar-refractivity contribution >= 4 is 22.8 Å². The summed E-state index contributed by atoms with van der Waals surface area (Å²) in [7, 11) is 0. The smallest absolute Gasteiger partial charge is 0.465 e. The Balaban J connectivity index is 1.56. The lowest BCUT2D eigenvalue weighted by Gasteiger charge is -2.38. The highest BCUT2D eigenvalue weighted by Crippen LogP contribution is 2.38. The summed E-state index contributed by atoms with van der Waals surface area (Å²) in [5, 5.41) is 24.3. The van der Waals surface area contributed by atoms with E-state index in [1.165, 1.54) is 29.2 Å². The Morgan fingerprint density at radius 3 is 2.38 bits per heavy atom. The van der Waals surface area contributed by atoms with Gasteiger partial charge in [0.2, 0.25) is 0 Å². The summed E-state index contributed by atoms with van der Waals surface area (Å²) >= 11 is 0. The molecule has 0 spiro atoms. The van der Waals surface area contributed by atoms with Crippen LogP contribution in [-0.2, 0) is 0 Å². The van der Waals surface area contributed by atoms with E-state index in [0.717, 1.165) is 5.39 Å². The quantitative estimate of drug-likeness (QED) is 0.631. The molecule has 168 valence electrons. The van der Waals surface area contributed by atoms with Crippen molar-refractivity contribution in [1.82, 2.24) is 19.7 Å². The van der Waals surface area contributed by atoms with Gasteiger partial charge in [0.15, 0.2) is 0 Å². The van der Waals surface area contributed by atoms with Crippen molar-refractivity contribution in [2.75, 3.05) is 31.1 Å². The molecule has 0 bridgehead atoms. The van der Waals surface area contributed by atoms with Gasteiger partial charge in [0.05, 0.1) is 28.4 Å². The Hall–Kier alpha value is -3.54. The van der Waals surface area contributed by atoms with Crippen molar-refractivity contribution < 1.29 is 32.9 Å². The van der Waals surface area contributed by atoms with Crippen LogP contribution in [0.25, 0.3) is 16.6 Å². The fourth-order valence-corrected chi connectivity index (χ4v) is 4.02. The van der Waals surface area contributed by atoms with E-state index in [2.05, 4.69) is 9.72 Å². The third-order valence-electron chi connectivity index (χ3n) is 5.62. The van der Waals surface area contributed by atoms with Crippen molar-refractivity contribution in [3.05, 3.63) is 42.2 Å². The van der Waals surface area contributed by atoms with Crippen LogP contribution >= 0.6 is 0 Å². The molecule has 2 fully saturated rings. The maximum absolute atomic E-state index is 12.5. The number of ether oxygens (including phenoxy) is 1. The molecule has 0 unspecified atom stereocenters. The maximum Gasteiger partial charge on any atom is 0.573 e. The predicted molar refractivity (Wildman–Crippen MR) is 106 cm³/mol. The summed E-state index contributed by atoms with van der Waals surface area (Å²) in [5.74, 6) is 0.155. The van der Waals surface area contributed by atoms with Gasteiger partial charge in [-0.3, -0.25) is 0 Å². The van der Waals surface area contributed by atoms with Gasteiger partial charge >= 0.3 is 12.5 Å². The molecule has 2 saturated heterocycles. The number of carbonyl (C=O) groups is 1. The fourth-order valence-electron chi connectivity index (χ4n) is 4.02. The zero-order valence-corrected chi connectivity index (χ0v) is 16.5. The molecule has 0 atom stereocenters. The number of likely N-dealkylation sites (tertiary alicyclic amines) is 1. The second kappa shape index (κ2) is 7.26. The van der Waals surface area contributed by atoms with Crippen molar-refractivity contribution in [2.45, 2.75) is 18.4 Å². The Bertz CT molecular complexity index is 1170. The minimum Gasteiger partial charge on any atom is -0.465 e. The number of pyridine rings is 1. The number of nitrogens with zero attached hydrogens (tertiary/aromatic N) is 5. The van der Waals surface area contributed by atoms with E-state index in [0.29, 0.717) is 35.8 Å². The molecule has 2 aliphatic rings. The second-order valence-corrected chi connectivity index (χ2v) is 7.81. The van der Waals surface area contributed by atoms with Gasteiger partial charge in [-0.2, -0.15) is 5.10 Å². The van der Waals surface area contributed by atoms with Crippen molar-refractivity contribution in [2.24, 2.45) is 0 Å². The zero-order valence-electron chi connectivity index (χ0n) is 16.5. The van der Waals surface area contributed by atoms with E-state index >= 15 is 0 Å². The number of carboxylic acid groups (broad SMARTS) is 1. The monoisotopic (exact) mass is 449 g/mol. The minimum absolute atomic E-state index is 0.142. The lowest BCUT2D eigenvalue weighted by atomic mass is 9.94. The SMILES string of the molecule is O=C(O)N1CC(c2nn(-c3ccc(OC(F)(F)F)cc3)c3ccnc(N4CC(O)C4)c23)C1. The summed E-state index contributed by atoms with van der Waals surface area (Å²) in [5.41, 5.74) is 1.87. The molecular weight excluding hydrogens is 431 g/mol. The molecule has 0 radical (unpaired) electrons. The van der Waals surface area contributed by atoms with Gasteiger partial charge in [0.1, 0.15) is 11.6 Å². The first kappa shape index (κ1) is 20.4. The topological polar surface area (TPSA) is 104 Å². The zero-order chi connectivity index (χ0) is 22.6.